The van der Waals surface area contributed by atoms with E-state index in [1.54, 1.807) is 0 Å². The van der Waals surface area contributed by atoms with E-state index in [0.29, 0.717) is 0 Å². The van der Waals surface area contributed by atoms with E-state index in [2.05, 4.69) is 11.4 Å². The molecule has 4 heteroatoms. The molecule has 1 heterocycles. The highest BCUT2D eigenvalue weighted by Crippen LogP contribution is 2.28. The van der Waals surface area contributed by atoms with Gasteiger partial charge in [0.15, 0.2) is 0 Å². The molecule has 0 saturated heterocycles. The predicted octanol–water partition coefficient (Wildman–Crippen LogP) is 3.66. The zero-order valence-corrected chi connectivity index (χ0v) is 12.2. The summed E-state index contributed by atoms with van der Waals surface area (Å²) in [6.45, 7) is 2.05. The number of nitrogens with one attached hydrogen (secondary N) is 1. The average Bonchev–Trinajstić information content (AvgIpc) is 2.79. The summed E-state index contributed by atoms with van der Waals surface area (Å²) in [5, 5.41) is 14.4. The Morgan fingerprint density at radius 1 is 1.42 bits per heavy atom. The fourth-order valence-corrected chi connectivity index (χ4v) is 3.57. The van der Waals surface area contributed by atoms with Crippen molar-refractivity contribution >= 4 is 17.2 Å². The van der Waals surface area contributed by atoms with Crippen molar-refractivity contribution in [3.63, 3.8) is 0 Å². The number of thiophene rings is 1. The SMILES string of the molecule is CCc1ccsc1C(=O)NC1(C#N)CCCCCC1. The maximum absolute atomic E-state index is 12.4. The van der Waals surface area contributed by atoms with Crippen LogP contribution in [0.5, 0.6) is 0 Å². The molecule has 1 saturated carbocycles. The molecule has 0 atom stereocenters. The van der Waals surface area contributed by atoms with Crippen LogP contribution < -0.4 is 5.32 Å². The van der Waals surface area contributed by atoms with Gasteiger partial charge in [-0.25, -0.2) is 0 Å². The van der Waals surface area contributed by atoms with Crippen molar-refractivity contribution in [1.29, 1.82) is 5.26 Å². The van der Waals surface area contributed by atoms with Gasteiger partial charge < -0.3 is 5.32 Å². The summed E-state index contributed by atoms with van der Waals surface area (Å²) < 4.78 is 0. The highest BCUT2D eigenvalue weighted by Gasteiger charge is 2.33. The molecule has 0 bridgehead atoms. The first-order chi connectivity index (χ1) is 9.21. The number of carbonyl (C=O) groups is 1. The number of nitriles is 1. The van der Waals surface area contributed by atoms with E-state index < -0.39 is 5.54 Å². The van der Waals surface area contributed by atoms with Gasteiger partial charge in [-0.2, -0.15) is 5.26 Å². The van der Waals surface area contributed by atoms with Crippen molar-refractivity contribution in [3.8, 4) is 6.07 Å². The normalized spacial score (nSPS) is 18.3. The summed E-state index contributed by atoms with van der Waals surface area (Å²) in [4.78, 5) is 13.1. The fraction of sp³-hybridized carbons (Fsp3) is 0.600. The van der Waals surface area contributed by atoms with Crippen LogP contribution in [0.3, 0.4) is 0 Å². The molecule has 1 aliphatic rings. The Morgan fingerprint density at radius 2 is 2.11 bits per heavy atom. The molecule has 1 amide bonds. The fourth-order valence-electron chi connectivity index (χ4n) is 2.68. The zero-order valence-electron chi connectivity index (χ0n) is 11.4. The average molecular weight is 276 g/mol. The molecule has 1 aromatic heterocycles. The highest BCUT2D eigenvalue weighted by atomic mass is 32.1. The molecule has 0 unspecified atom stereocenters. The molecule has 1 N–H and O–H groups in total. The number of aryl methyl sites for hydroxylation is 1. The Hall–Kier alpha value is -1.34. The Bertz CT molecular complexity index is 479. The quantitative estimate of drug-likeness (QED) is 0.857. The third kappa shape index (κ3) is 3.16. The van der Waals surface area contributed by atoms with E-state index in [1.807, 2.05) is 18.4 Å². The monoisotopic (exact) mass is 276 g/mol. The van der Waals surface area contributed by atoms with Gasteiger partial charge in [-0.3, -0.25) is 4.79 Å². The lowest BCUT2D eigenvalue weighted by atomic mass is 9.91. The lowest BCUT2D eigenvalue weighted by Crippen LogP contribution is -2.47. The first-order valence-corrected chi connectivity index (χ1v) is 7.89. The van der Waals surface area contributed by atoms with E-state index in [0.717, 1.165) is 42.5 Å². The Labute approximate surface area is 118 Å². The molecule has 19 heavy (non-hydrogen) atoms. The number of hydrogen-bond donors (Lipinski definition) is 1. The number of carbonyl (C=O) groups excluding carboxylic acids is 1. The van der Waals surface area contributed by atoms with E-state index in [9.17, 15) is 10.1 Å². The molecule has 2 rings (SSSR count). The van der Waals surface area contributed by atoms with Gasteiger partial charge >= 0.3 is 0 Å². The van der Waals surface area contributed by atoms with Crippen LogP contribution in [0, 0.1) is 11.3 Å². The van der Waals surface area contributed by atoms with Crippen LogP contribution in [0.1, 0.15) is 60.7 Å². The molecule has 0 aromatic carbocycles. The van der Waals surface area contributed by atoms with E-state index in [-0.39, 0.29) is 5.91 Å². The second kappa shape index (κ2) is 6.21. The standard InChI is InChI=1S/C15H20N2OS/c1-2-12-7-10-19-13(12)14(18)17-15(11-16)8-5-3-4-6-9-15/h7,10H,2-6,8-9H2,1H3,(H,17,18). The van der Waals surface area contributed by atoms with Crippen molar-refractivity contribution in [2.24, 2.45) is 0 Å². The molecule has 0 spiro atoms. The minimum absolute atomic E-state index is 0.0738. The largest absolute Gasteiger partial charge is 0.333 e. The molecule has 0 radical (unpaired) electrons. The van der Waals surface area contributed by atoms with Gasteiger partial charge in [0.1, 0.15) is 5.54 Å². The summed E-state index contributed by atoms with van der Waals surface area (Å²) in [5.41, 5.74) is 0.423. The first-order valence-electron chi connectivity index (χ1n) is 7.01. The number of nitrogens with zero attached hydrogens (tertiary/aromatic N) is 1. The van der Waals surface area contributed by atoms with Crippen LogP contribution in [-0.4, -0.2) is 11.4 Å². The van der Waals surface area contributed by atoms with Crippen LogP contribution in [0.4, 0.5) is 0 Å². The minimum Gasteiger partial charge on any atom is -0.333 e. The zero-order chi connectivity index (χ0) is 13.7. The van der Waals surface area contributed by atoms with E-state index >= 15 is 0 Å². The van der Waals surface area contributed by atoms with Crippen LogP contribution in [0.15, 0.2) is 11.4 Å². The van der Waals surface area contributed by atoms with E-state index in [1.165, 1.54) is 24.2 Å². The Morgan fingerprint density at radius 3 is 2.68 bits per heavy atom. The molecular formula is C15H20N2OS. The topological polar surface area (TPSA) is 52.9 Å². The minimum atomic E-state index is -0.650. The molecular weight excluding hydrogens is 256 g/mol. The molecule has 1 fully saturated rings. The van der Waals surface area contributed by atoms with Gasteiger partial charge in [0.05, 0.1) is 10.9 Å². The number of hydrogen-bond acceptors (Lipinski definition) is 3. The van der Waals surface area contributed by atoms with Gasteiger partial charge in [-0.1, -0.05) is 32.6 Å². The van der Waals surface area contributed by atoms with Crippen LogP contribution in [-0.2, 0) is 6.42 Å². The highest BCUT2D eigenvalue weighted by molar-refractivity contribution is 7.12. The summed E-state index contributed by atoms with van der Waals surface area (Å²) in [5.74, 6) is -0.0738. The molecule has 102 valence electrons. The summed E-state index contributed by atoms with van der Waals surface area (Å²) in [6, 6.07) is 4.35. The van der Waals surface area contributed by atoms with E-state index in [4.69, 9.17) is 0 Å². The molecule has 0 aliphatic heterocycles. The Kier molecular flexibility index (Phi) is 4.60. The van der Waals surface area contributed by atoms with Crippen molar-refractivity contribution in [2.45, 2.75) is 57.4 Å². The van der Waals surface area contributed by atoms with Gasteiger partial charge in [-0.05, 0) is 36.3 Å². The van der Waals surface area contributed by atoms with Crippen LogP contribution in [0.25, 0.3) is 0 Å². The van der Waals surface area contributed by atoms with Gasteiger partial charge in [-0.15, -0.1) is 11.3 Å². The lowest BCUT2D eigenvalue weighted by molar-refractivity contribution is 0.0916. The lowest BCUT2D eigenvalue weighted by Gasteiger charge is -2.26. The Balaban J connectivity index is 2.14. The molecule has 3 nitrogen and oxygen atoms in total. The third-order valence-corrected chi connectivity index (χ3v) is 4.81. The summed E-state index contributed by atoms with van der Waals surface area (Å²) >= 11 is 1.46. The summed E-state index contributed by atoms with van der Waals surface area (Å²) in [7, 11) is 0. The molecule has 1 aliphatic carbocycles. The van der Waals surface area contributed by atoms with Crippen molar-refractivity contribution < 1.29 is 4.79 Å². The van der Waals surface area contributed by atoms with Crippen molar-refractivity contribution in [3.05, 3.63) is 21.9 Å². The predicted molar refractivity (Wildman–Crippen MR) is 77.2 cm³/mol. The van der Waals surface area contributed by atoms with Crippen molar-refractivity contribution in [2.75, 3.05) is 0 Å². The molecule has 1 aromatic rings. The number of amides is 1. The van der Waals surface area contributed by atoms with Crippen molar-refractivity contribution in [1.82, 2.24) is 5.32 Å². The number of rotatable bonds is 3. The van der Waals surface area contributed by atoms with Gasteiger partial charge in [0, 0.05) is 0 Å². The smallest absolute Gasteiger partial charge is 0.262 e. The van der Waals surface area contributed by atoms with Gasteiger partial charge in [0.2, 0.25) is 0 Å². The maximum atomic E-state index is 12.4. The first kappa shape index (κ1) is 14.1. The van der Waals surface area contributed by atoms with Crippen LogP contribution >= 0.6 is 11.3 Å². The maximum Gasteiger partial charge on any atom is 0.262 e. The second-order valence-corrected chi connectivity index (χ2v) is 6.11. The third-order valence-electron chi connectivity index (χ3n) is 3.86. The van der Waals surface area contributed by atoms with Gasteiger partial charge in [0.25, 0.3) is 5.91 Å². The van der Waals surface area contributed by atoms with Crippen LogP contribution in [0.2, 0.25) is 0 Å². The summed E-state index contributed by atoms with van der Waals surface area (Å²) in [6.07, 6.45) is 6.80. The second-order valence-electron chi connectivity index (χ2n) is 5.19.